The van der Waals surface area contributed by atoms with Crippen LogP contribution < -0.4 is 5.32 Å². The molecule has 0 bridgehead atoms. The first kappa shape index (κ1) is 15.6. The van der Waals surface area contributed by atoms with E-state index in [-0.39, 0.29) is 11.8 Å². The second-order valence-electron chi connectivity index (χ2n) is 5.45. The first-order valence-electron chi connectivity index (χ1n) is 7.00. The number of carbonyl (C=O) groups is 1. The third-order valence-corrected chi connectivity index (χ3v) is 3.88. The van der Waals surface area contributed by atoms with Crippen molar-refractivity contribution in [2.45, 2.75) is 19.8 Å². The highest BCUT2D eigenvalue weighted by molar-refractivity contribution is 6.30. The second kappa shape index (κ2) is 6.76. The predicted molar refractivity (Wildman–Crippen MR) is 84.6 cm³/mol. The maximum atomic E-state index is 12.2. The zero-order valence-electron chi connectivity index (χ0n) is 12.5. The Kier molecular flexibility index (Phi) is 5.02. The van der Waals surface area contributed by atoms with Crippen molar-refractivity contribution >= 4 is 17.5 Å². The summed E-state index contributed by atoms with van der Waals surface area (Å²) in [5.41, 5.74) is 1.74. The summed E-state index contributed by atoms with van der Waals surface area (Å²) in [5.74, 6) is 0.555. The molecule has 112 valence electrons. The molecule has 4 nitrogen and oxygen atoms in total. The lowest BCUT2D eigenvalue weighted by Crippen LogP contribution is -2.31. The van der Waals surface area contributed by atoms with E-state index in [0.29, 0.717) is 23.0 Å². The maximum absolute atomic E-state index is 12.2. The molecular weight excluding hydrogens is 286 g/mol. The third kappa shape index (κ3) is 3.85. The zero-order valence-corrected chi connectivity index (χ0v) is 13.3. The average molecular weight is 306 g/mol. The summed E-state index contributed by atoms with van der Waals surface area (Å²) < 4.78 is 1.86. The number of hydrogen-bond donors (Lipinski definition) is 1. The molecule has 1 aromatic heterocycles. The molecule has 1 atom stereocenters. The van der Waals surface area contributed by atoms with E-state index in [0.717, 1.165) is 5.69 Å². The van der Waals surface area contributed by atoms with E-state index in [1.54, 1.807) is 30.5 Å². The summed E-state index contributed by atoms with van der Waals surface area (Å²) in [4.78, 5) is 12.2. The van der Waals surface area contributed by atoms with Gasteiger partial charge in [-0.25, -0.2) is 0 Å². The van der Waals surface area contributed by atoms with Gasteiger partial charge in [-0.05, 0) is 36.2 Å². The van der Waals surface area contributed by atoms with E-state index in [1.165, 1.54) is 0 Å². The molecule has 0 spiro atoms. The molecule has 1 amide bonds. The summed E-state index contributed by atoms with van der Waals surface area (Å²) in [6, 6.07) is 8.90. The summed E-state index contributed by atoms with van der Waals surface area (Å²) in [7, 11) is 1.92. The number of nitrogens with one attached hydrogen (secondary N) is 1. The van der Waals surface area contributed by atoms with Crippen molar-refractivity contribution in [1.82, 2.24) is 15.1 Å². The van der Waals surface area contributed by atoms with Crippen LogP contribution in [0.15, 0.2) is 36.5 Å². The number of aryl methyl sites for hydroxylation is 1. The summed E-state index contributed by atoms with van der Waals surface area (Å²) in [6.45, 7) is 4.87. The van der Waals surface area contributed by atoms with Crippen LogP contribution in [0.2, 0.25) is 5.02 Å². The normalized spacial score (nSPS) is 12.4. The Morgan fingerprint density at radius 3 is 2.48 bits per heavy atom. The quantitative estimate of drug-likeness (QED) is 0.922. The Bertz CT molecular complexity index is 604. The maximum Gasteiger partial charge on any atom is 0.251 e. The number of amides is 1. The van der Waals surface area contributed by atoms with Crippen molar-refractivity contribution in [2.75, 3.05) is 6.54 Å². The number of aromatic nitrogens is 2. The molecule has 1 heterocycles. The highest BCUT2D eigenvalue weighted by Crippen LogP contribution is 2.23. The fourth-order valence-electron chi connectivity index (χ4n) is 2.34. The topological polar surface area (TPSA) is 46.9 Å². The molecule has 0 fully saturated rings. The Morgan fingerprint density at radius 2 is 1.95 bits per heavy atom. The van der Waals surface area contributed by atoms with Crippen LogP contribution in [0.3, 0.4) is 0 Å². The minimum absolute atomic E-state index is 0.0838. The van der Waals surface area contributed by atoms with Gasteiger partial charge in [0.25, 0.3) is 5.91 Å². The molecule has 2 aromatic rings. The van der Waals surface area contributed by atoms with Crippen LogP contribution in [-0.4, -0.2) is 22.2 Å². The molecule has 2 rings (SSSR count). The minimum Gasteiger partial charge on any atom is -0.351 e. The van der Waals surface area contributed by atoms with Crippen LogP contribution in [0.25, 0.3) is 0 Å². The van der Waals surface area contributed by atoms with Gasteiger partial charge in [-0.1, -0.05) is 25.4 Å². The van der Waals surface area contributed by atoms with Crippen LogP contribution in [0.5, 0.6) is 0 Å². The molecule has 1 N–H and O–H groups in total. The number of benzene rings is 1. The van der Waals surface area contributed by atoms with Crippen molar-refractivity contribution in [3.63, 3.8) is 0 Å². The Morgan fingerprint density at radius 1 is 1.29 bits per heavy atom. The van der Waals surface area contributed by atoms with Gasteiger partial charge in [-0.15, -0.1) is 0 Å². The predicted octanol–water partition coefficient (Wildman–Crippen LogP) is 3.24. The van der Waals surface area contributed by atoms with Crippen molar-refractivity contribution in [2.24, 2.45) is 13.0 Å². The molecule has 21 heavy (non-hydrogen) atoms. The van der Waals surface area contributed by atoms with E-state index in [2.05, 4.69) is 24.3 Å². The number of hydrogen-bond acceptors (Lipinski definition) is 2. The first-order chi connectivity index (χ1) is 9.99. The Hall–Kier alpha value is -1.81. The van der Waals surface area contributed by atoms with Gasteiger partial charge in [0, 0.05) is 42.0 Å². The molecule has 1 aromatic carbocycles. The van der Waals surface area contributed by atoms with Crippen LogP contribution >= 0.6 is 11.6 Å². The fourth-order valence-corrected chi connectivity index (χ4v) is 2.46. The van der Waals surface area contributed by atoms with E-state index in [4.69, 9.17) is 11.6 Å². The Labute approximate surface area is 130 Å². The van der Waals surface area contributed by atoms with Crippen molar-refractivity contribution in [3.8, 4) is 0 Å². The first-order valence-corrected chi connectivity index (χ1v) is 7.38. The van der Waals surface area contributed by atoms with Crippen LogP contribution in [-0.2, 0) is 7.05 Å². The monoisotopic (exact) mass is 305 g/mol. The Balaban J connectivity index is 2.04. The van der Waals surface area contributed by atoms with Crippen molar-refractivity contribution < 1.29 is 4.79 Å². The molecule has 0 aliphatic heterocycles. The lowest BCUT2D eigenvalue weighted by atomic mass is 9.92. The minimum atomic E-state index is -0.0838. The lowest BCUT2D eigenvalue weighted by molar-refractivity contribution is 0.0948. The van der Waals surface area contributed by atoms with Gasteiger partial charge >= 0.3 is 0 Å². The van der Waals surface area contributed by atoms with E-state index < -0.39 is 0 Å². The molecule has 0 aliphatic carbocycles. The highest BCUT2D eigenvalue weighted by atomic mass is 35.5. The van der Waals surface area contributed by atoms with Crippen molar-refractivity contribution in [1.29, 1.82) is 0 Å². The number of nitrogens with zero attached hydrogens (tertiary/aromatic N) is 2. The van der Waals surface area contributed by atoms with Crippen LogP contribution in [0, 0.1) is 5.92 Å². The molecule has 0 aliphatic rings. The van der Waals surface area contributed by atoms with Gasteiger partial charge in [-0.2, -0.15) is 5.10 Å². The van der Waals surface area contributed by atoms with Crippen LogP contribution in [0.4, 0.5) is 0 Å². The number of rotatable bonds is 5. The number of carbonyl (C=O) groups excluding carboxylic acids is 1. The smallest absolute Gasteiger partial charge is 0.251 e. The van der Waals surface area contributed by atoms with Gasteiger partial charge in [0.05, 0.1) is 0 Å². The van der Waals surface area contributed by atoms with E-state index >= 15 is 0 Å². The molecule has 0 radical (unpaired) electrons. The summed E-state index contributed by atoms with van der Waals surface area (Å²) >= 11 is 5.83. The molecule has 0 saturated carbocycles. The molecule has 1 unspecified atom stereocenters. The van der Waals surface area contributed by atoms with Gasteiger partial charge in [-0.3, -0.25) is 9.48 Å². The molecular formula is C16H20ClN3O. The third-order valence-electron chi connectivity index (χ3n) is 3.63. The summed E-state index contributed by atoms with van der Waals surface area (Å²) in [5, 5.41) is 7.82. The van der Waals surface area contributed by atoms with Gasteiger partial charge in [0.15, 0.2) is 0 Å². The van der Waals surface area contributed by atoms with E-state index in [1.807, 2.05) is 17.8 Å². The summed E-state index contributed by atoms with van der Waals surface area (Å²) in [6.07, 6.45) is 1.78. The standard InChI is InChI=1S/C16H20ClN3O/c1-11(2)14(15-8-9-19-20(15)3)10-18-16(21)12-4-6-13(17)7-5-12/h4-9,11,14H,10H2,1-3H3,(H,18,21). The molecule has 0 saturated heterocycles. The lowest BCUT2D eigenvalue weighted by Gasteiger charge is -2.21. The number of halogens is 1. The van der Waals surface area contributed by atoms with Gasteiger partial charge < -0.3 is 5.32 Å². The second-order valence-corrected chi connectivity index (χ2v) is 5.88. The highest BCUT2D eigenvalue weighted by Gasteiger charge is 2.20. The molecule has 5 heteroatoms. The average Bonchev–Trinajstić information content (AvgIpc) is 2.85. The zero-order chi connectivity index (χ0) is 15.4. The van der Waals surface area contributed by atoms with Gasteiger partial charge in [0.1, 0.15) is 0 Å². The fraction of sp³-hybridized carbons (Fsp3) is 0.375. The largest absolute Gasteiger partial charge is 0.351 e. The van der Waals surface area contributed by atoms with Gasteiger partial charge in [0.2, 0.25) is 0 Å². The SMILES string of the molecule is CC(C)C(CNC(=O)c1ccc(Cl)cc1)c1ccnn1C. The van der Waals surface area contributed by atoms with E-state index in [9.17, 15) is 4.79 Å². The van der Waals surface area contributed by atoms with Crippen molar-refractivity contribution in [3.05, 3.63) is 52.8 Å². The van der Waals surface area contributed by atoms with Crippen LogP contribution in [0.1, 0.15) is 35.8 Å².